The Bertz CT molecular complexity index is 717. The summed E-state index contributed by atoms with van der Waals surface area (Å²) in [5, 5.41) is 4.89. The lowest BCUT2D eigenvalue weighted by Crippen LogP contribution is -2.14. The molecule has 1 amide bonds. The monoisotopic (exact) mass is 281 g/mol. The number of hydrogen-bond acceptors (Lipinski definition) is 3. The number of amides is 1. The van der Waals surface area contributed by atoms with Crippen LogP contribution in [0.25, 0.3) is 16.3 Å². The van der Waals surface area contributed by atoms with Gasteiger partial charge in [-0.2, -0.15) is 0 Å². The van der Waals surface area contributed by atoms with Crippen molar-refractivity contribution in [2.24, 2.45) is 5.92 Å². The Hall–Kier alpha value is -2.23. The van der Waals surface area contributed by atoms with Crippen molar-refractivity contribution < 1.29 is 4.79 Å². The van der Waals surface area contributed by atoms with Gasteiger partial charge in [-0.05, 0) is 43.9 Å². The molecule has 108 valence electrons. The minimum absolute atomic E-state index is 0.0770. The molecule has 1 aliphatic rings. The fourth-order valence-electron chi connectivity index (χ4n) is 2.31. The number of nitrogens with one attached hydrogen (secondary N) is 1. The summed E-state index contributed by atoms with van der Waals surface area (Å²) in [5.74, 6) is 0.868. The third-order valence-electron chi connectivity index (χ3n) is 3.72. The summed E-state index contributed by atoms with van der Waals surface area (Å²) >= 11 is 0. The van der Waals surface area contributed by atoms with Gasteiger partial charge in [0.25, 0.3) is 0 Å². The Balaban J connectivity index is 1.87. The van der Waals surface area contributed by atoms with Gasteiger partial charge in [0.05, 0.1) is 5.69 Å². The molecule has 0 atom stereocenters. The van der Waals surface area contributed by atoms with E-state index in [2.05, 4.69) is 35.2 Å². The lowest BCUT2D eigenvalue weighted by atomic mass is 10.1. The van der Waals surface area contributed by atoms with E-state index in [0.717, 1.165) is 35.7 Å². The molecular formula is C17H19N3O. The Morgan fingerprint density at radius 1 is 1.29 bits per heavy atom. The van der Waals surface area contributed by atoms with Crippen LogP contribution < -0.4 is 5.32 Å². The van der Waals surface area contributed by atoms with Crippen molar-refractivity contribution in [1.82, 2.24) is 9.97 Å². The molecule has 0 aromatic carbocycles. The van der Waals surface area contributed by atoms with E-state index in [-0.39, 0.29) is 11.8 Å². The average molecular weight is 281 g/mol. The maximum atomic E-state index is 11.8. The number of carbonyl (C=O) groups excluding carboxylic acids is 1. The highest BCUT2D eigenvalue weighted by molar-refractivity contribution is 5.95. The Kier molecular flexibility index (Phi) is 3.69. The molecule has 2 heterocycles. The van der Waals surface area contributed by atoms with E-state index in [1.165, 1.54) is 5.57 Å². The topological polar surface area (TPSA) is 54.9 Å². The van der Waals surface area contributed by atoms with Crippen molar-refractivity contribution in [2.45, 2.75) is 33.1 Å². The fraction of sp³-hybridized carbons (Fsp3) is 0.353. The van der Waals surface area contributed by atoms with Crippen LogP contribution in [0, 0.1) is 5.92 Å². The van der Waals surface area contributed by atoms with Gasteiger partial charge in [0.2, 0.25) is 5.91 Å². The minimum Gasteiger partial charge on any atom is -0.310 e. The van der Waals surface area contributed by atoms with Crippen molar-refractivity contribution in [3.05, 3.63) is 36.3 Å². The van der Waals surface area contributed by atoms with Gasteiger partial charge in [-0.1, -0.05) is 13.0 Å². The van der Waals surface area contributed by atoms with E-state index in [9.17, 15) is 4.79 Å². The molecular weight excluding hydrogens is 262 g/mol. The first kappa shape index (κ1) is 13.7. The number of carbonyl (C=O) groups is 1. The number of allylic oxidation sites excluding steroid dienone is 2. The second kappa shape index (κ2) is 5.64. The number of fused-ring (bicyclic) bond motifs is 1. The molecule has 21 heavy (non-hydrogen) atoms. The zero-order valence-corrected chi connectivity index (χ0v) is 12.4. The van der Waals surface area contributed by atoms with E-state index in [4.69, 9.17) is 0 Å². The van der Waals surface area contributed by atoms with E-state index < -0.39 is 0 Å². The van der Waals surface area contributed by atoms with Crippen LogP contribution in [0.5, 0.6) is 0 Å². The fourth-order valence-corrected chi connectivity index (χ4v) is 2.31. The van der Waals surface area contributed by atoms with Gasteiger partial charge >= 0.3 is 0 Å². The van der Waals surface area contributed by atoms with E-state index >= 15 is 0 Å². The molecule has 0 bridgehead atoms. The third-order valence-corrected chi connectivity index (χ3v) is 3.72. The highest BCUT2D eigenvalue weighted by Crippen LogP contribution is 2.30. The first-order valence-corrected chi connectivity index (χ1v) is 7.41. The Labute approximate surface area is 124 Å². The van der Waals surface area contributed by atoms with Gasteiger partial charge in [0.15, 0.2) is 0 Å². The highest BCUT2D eigenvalue weighted by atomic mass is 16.2. The lowest BCUT2D eigenvalue weighted by Gasteiger charge is -2.06. The van der Waals surface area contributed by atoms with Gasteiger partial charge in [0.1, 0.15) is 5.82 Å². The average Bonchev–Trinajstić information content (AvgIpc) is 3.31. The largest absolute Gasteiger partial charge is 0.310 e. The first-order valence-electron chi connectivity index (χ1n) is 7.41. The van der Waals surface area contributed by atoms with Gasteiger partial charge < -0.3 is 5.32 Å². The molecule has 2 aromatic heterocycles. The molecule has 1 fully saturated rings. The molecule has 1 N–H and O–H groups in total. The second-order valence-corrected chi connectivity index (χ2v) is 5.55. The number of hydrogen-bond donors (Lipinski definition) is 1. The molecule has 3 rings (SSSR count). The van der Waals surface area contributed by atoms with Crippen LogP contribution in [-0.4, -0.2) is 15.9 Å². The molecule has 0 aliphatic heterocycles. The summed E-state index contributed by atoms with van der Waals surface area (Å²) in [6, 6.07) is 3.92. The van der Waals surface area contributed by atoms with Gasteiger partial charge in [0, 0.05) is 29.1 Å². The van der Waals surface area contributed by atoms with E-state index in [1.807, 2.05) is 18.3 Å². The smallest absolute Gasteiger partial charge is 0.228 e. The van der Waals surface area contributed by atoms with Crippen LogP contribution in [0.15, 0.2) is 30.6 Å². The molecule has 0 spiro atoms. The van der Waals surface area contributed by atoms with Crippen LogP contribution in [0.3, 0.4) is 0 Å². The predicted octanol–water partition coefficient (Wildman–Crippen LogP) is 3.79. The minimum atomic E-state index is 0.0770. The van der Waals surface area contributed by atoms with Gasteiger partial charge in [-0.25, -0.2) is 4.98 Å². The highest BCUT2D eigenvalue weighted by Gasteiger charge is 2.29. The Morgan fingerprint density at radius 3 is 2.71 bits per heavy atom. The molecule has 1 saturated carbocycles. The summed E-state index contributed by atoms with van der Waals surface area (Å²) in [6.45, 7) is 4.18. The quantitative estimate of drug-likeness (QED) is 0.927. The van der Waals surface area contributed by atoms with Crippen molar-refractivity contribution in [3.63, 3.8) is 0 Å². The summed E-state index contributed by atoms with van der Waals surface area (Å²) in [7, 11) is 0. The summed E-state index contributed by atoms with van der Waals surface area (Å²) in [4.78, 5) is 20.6. The molecule has 1 aliphatic carbocycles. The molecule has 2 aromatic rings. The van der Waals surface area contributed by atoms with Gasteiger partial charge in [-0.15, -0.1) is 0 Å². The molecule has 0 saturated heterocycles. The number of anilines is 1. The molecule has 4 heteroatoms. The van der Waals surface area contributed by atoms with Crippen LogP contribution >= 0.6 is 0 Å². The zero-order chi connectivity index (χ0) is 14.8. The van der Waals surface area contributed by atoms with Crippen molar-refractivity contribution >= 4 is 28.1 Å². The van der Waals surface area contributed by atoms with E-state index in [0.29, 0.717) is 5.82 Å². The third kappa shape index (κ3) is 3.10. The normalized spacial score (nSPS) is 15.2. The molecule has 4 nitrogen and oxygen atoms in total. The summed E-state index contributed by atoms with van der Waals surface area (Å²) in [6.07, 6.45) is 8.77. The molecule has 0 unspecified atom stereocenters. The van der Waals surface area contributed by atoms with Crippen LogP contribution in [0.1, 0.15) is 38.8 Å². The number of aromatic nitrogens is 2. The standard InChI is InChI=1S/C17H19N3O/c1-3-4-11(2)15-7-13-10-19-16(8-14(13)9-18-15)20-17(21)12-5-6-12/h4,7-10,12H,3,5-6H2,1-2H3,(H,19,20,21)/b11-4+. The number of pyridine rings is 2. The Morgan fingerprint density at radius 2 is 2.00 bits per heavy atom. The van der Waals surface area contributed by atoms with Crippen molar-refractivity contribution in [2.75, 3.05) is 5.32 Å². The van der Waals surface area contributed by atoms with Crippen LogP contribution in [0.2, 0.25) is 0 Å². The van der Waals surface area contributed by atoms with Crippen LogP contribution in [0.4, 0.5) is 5.82 Å². The summed E-state index contributed by atoms with van der Waals surface area (Å²) in [5.41, 5.74) is 2.14. The maximum absolute atomic E-state index is 11.8. The van der Waals surface area contributed by atoms with E-state index in [1.54, 1.807) is 6.20 Å². The van der Waals surface area contributed by atoms with Crippen molar-refractivity contribution in [1.29, 1.82) is 0 Å². The van der Waals surface area contributed by atoms with Crippen LogP contribution in [-0.2, 0) is 4.79 Å². The second-order valence-electron chi connectivity index (χ2n) is 5.55. The first-order chi connectivity index (χ1) is 10.2. The SMILES string of the molecule is CC/C=C(\C)c1cc2cnc(NC(=O)C3CC3)cc2cn1. The number of nitrogens with zero attached hydrogens (tertiary/aromatic N) is 2. The summed E-state index contributed by atoms with van der Waals surface area (Å²) < 4.78 is 0. The van der Waals surface area contributed by atoms with Crippen molar-refractivity contribution in [3.8, 4) is 0 Å². The predicted molar refractivity (Wildman–Crippen MR) is 84.8 cm³/mol. The maximum Gasteiger partial charge on any atom is 0.228 e. The van der Waals surface area contributed by atoms with Gasteiger partial charge in [-0.3, -0.25) is 9.78 Å². The lowest BCUT2D eigenvalue weighted by molar-refractivity contribution is -0.117. The molecule has 0 radical (unpaired) electrons. The number of rotatable bonds is 4. The zero-order valence-electron chi connectivity index (χ0n) is 12.4.